The standard InChI is InChI=1S/C34H22S2/c1-3-15-27(16-4-1)35-33-29-19-23-11-7-9-13-25(23)21-31(29)34(36-28-17-5-2-6-18-28)32-22-26-14-10-8-12-24(26)20-30(32)33/h1-22H. The number of rotatable bonds is 4. The number of fused-ring (bicyclic) bond motifs is 4. The second-order valence-corrected chi connectivity index (χ2v) is 11.1. The van der Waals surface area contributed by atoms with Crippen molar-refractivity contribution < 1.29 is 0 Å². The van der Waals surface area contributed by atoms with Crippen molar-refractivity contribution in [3.8, 4) is 0 Å². The van der Waals surface area contributed by atoms with Gasteiger partial charge in [0, 0.05) is 19.6 Å². The van der Waals surface area contributed by atoms with Crippen molar-refractivity contribution in [2.24, 2.45) is 0 Å². The maximum Gasteiger partial charge on any atom is 0.0280 e. The van der Waals surface area contributed by atoms with Crippen molar-refractivity contribution in [2.75, 3.05) is 0 Å². The lowest BCUT2D eigenvalue weighted by molar-refractivity contribution is 1.44. The molecule has 0 aliphatic heterocycles. The molecule has 7 rings (SSSR count). The molecule has 0 aliphatic carbocycles. The smallest absolute Gasteiger partial charge is 0.0280 e. The van der Waals surface area contributed by atoms with Crippen molar-refractivity contribution in [2.45, 2.75) is 19.6 Å². The molecule has 0 saturated heterocycles. The van der Waals surface area contributed by atoms with Gasteiger partial charge >= 0.3 is 0 Å². The van der Waals surface area contributed by atoms with Crippen LogP contribution in [0, 0.1) is 0 Å². The van der Waals surface area contributed by atoms with Crippen LogP contribution in [0.1, 0.15) is 0 Å². The summed E-state index contributed by atoms with van der Waals surface area (Å²) in [6.45, 7) is 0. The first-order chi connectivity index (χ1) is 17.8. The van der Waals surface area contributed by atoms with E-state index < -0.39 is 0 Å². The van der Waals surface area contributed by atoms with Crippen LogP contribution in [-0.4, -0.2) is 0 Å². The zero-order chi connectivity index (χ0) is 23.9. The lowest BCUT2D eigenvalue weighted by atomic mass is 9.97. The average molecular weight is 495 g/mol. The molecule has 170 valence electrons. The van der Waals surface area contributed by atoms with Crippen LogP contribution in [0.25, 0.3) is 43.1 Å². The molecule has 0 spiro atoms. The van der Waals surface area contributed by atoms with Gasteiger partial charge in [0.05, 0.1) is 0 Å². The van der Waals surface area contributed by atoms with E-state index in [-0.39, 0.29) is 0 Å². The third-order valence-electron chi connectivity index (χ3n) is 6.68. The van der Waals surface area contributed by atoms with Gasteiger partial charge in [-0.3, -0.25) is 0 Å². The molecule has 0 radical (unpaired) electrons. The molecule has 36 heavy (non-hydrogen) atoms. The van der Waals surface area contributed by atoms with Crippen LogP contribution in [0.3, 0.4) is 0 Å². The zero-order valence-corrected chi connectivity index (χ0v) is 21.2. The largest absolute Gasteiger partial charge is 0.0888 e. The van der Waals surface area contributed by atoms with E-state index in [0.29, 0.717) is 0 Å². The summed E-state index contributed by atoms with van der Waals surface area (Å²) in [5.74, 6) is 0. The summed E-state index contributed by atoms with van der Waals surface area (Å²) in [4.78, 5) is 5.15. The number of hydrogen-bond donors (Lipinski definition) is 0. The van der Waals surface area contributed by atoms with Gasteiger partial charge in [0.15, 0.2) is 0 Å². The Morgan fingerprint density at radius 2 is 0.583 bits per heavy atom. The van der Waals surface area contributed by atoms with Gasteiger partial charge in [-0.15, -0.1) is 0 Å². The summed E-state index contributed by atoms with van der Waals surface area (Å²) in [5, 5.41) is 10.3. The van der Waals surface area contributed by atoms with Crippen molar-refractivity contribution in [1.82, 2.24) is 0 Å². The average Bonchev–Trinajstić information content (AvgIpc) is 2.94. The van der Waals surface area contributed by atoms with Crippen LogP contribution in [0.4, 0.5) is 0 Å². The molecule has 0 N–H and O–H groups in total. The van der Waals surface area contributed by atoms with Gasteiger partial charge in [0.25, 0.3) is 0 Å². The highest BCUT2D eigenvalue weighted by Crippen LogP contribution is 2.48. The van der Waals surface area contributed by atoms with Crippen molar-refractivity contribution >= 4 is 66.6 Å². The first-order valence-electron chi connectivity index (χ1n) is 12.1. The van der Waals surface area contributed by atoms with Gasteiger partial charge < -0.3 is 0 Å². The predicted molar refractivity (Wildman–Crippen MR) is 158 cm³/mol. The van der Waals surface area contributed by atoms with Gasteiger partial charge in [-0.1, -0.05) is 108 Å². The third kappa shape index (κ3) is 3.83. The molecule has 0 aliphatic rings. The minimum absolute atomic E-state index is 1.25. The Hall–Kier alpha value is -3.72. The molecule has 0 fully saturated rings. The second kappa shape index (κ2) is 9.05. The summed E-state index contributed by atoms with van der Waals surface area (Å²) in [7, 11) is 0. The molecule has 2 heteroatoms. The molecule has 0 bridgehead atoms. The van der Waals surface area contributed by atoms with Crippen molar-refractivity contribution in [1.29, 1.82) is 0 Å². The van der Waals surface area contributed by atoms with E-state index in [1.807, 2.05) is 23.5 Å². The Bertz CT molecular complexity index is 1640. The van der Waals surface area contributed by atoms with Crippen molar-refractivity contribution in [3.05, 3.63) is 133 Å². The van der Waals surface area contributed by atoms with Crippen LogP contribution in [-0.2, 0) is 0 Å². The first kappa shape index (κ1) is 21.6. The summed E-state index contributed by atoms with van der Waals surface area (Å²) in [6, 6.07) is 48.4. The summed E-state index contributed by atoms with van der Waals surface area (Å²) in [6.07, 6.45) is 0. The number of benzene rings is 7. The van der Waals surface area contributed by atoms with E-state index >= 15 is 0 Å². The molecule has 0 unspecified atom stereocenters. The highest BCUT2D eigenvalue weighted by Gasteiger charge is 2.18. The van der Waals surface area contributed by atoms with Crippen LogP contribution < -0.4 is 0 Å². The summed E-state index contributed by atoms with van der Waals surface area (Å²) < 4.78 is 0. The van der Waals surface area contributed by atoms with E-state index in [2.05, 4.69) is 133 Å². The van der Waals surface area contributed by atoms with Crippen LogP contribution >= 0.6 is 23.5 Å². The lowest BCUT2D eigenvalue weighted by Crippen LogP contribution is -1.90. The fourth-order valence-corrected chi connectivity index (χ4v) is 7.13. The molecule has 0 nitrogen and oxygen atoms in total. The fourth-order valence-electron chi connectivity index (χ4n) is 4.95. The fraction of sp³-hybridized carbons (Fsp3) is 0. The zero-order valence-electron chi connectivity index (χ0n) is 19.5. The third-order valence-corrected chi connectivity index (χ3v) is 8.98. The van der Waals surface area contributed by atoms with Crippen LogP contribution in [0.2, 0.25) is 0 Å². The molecule has 0 amide bonds. The highest BCUT2D eigenvalue weighted by molar-refractivity contribution is 8.00. The topological polar surface area (TPSA) is 0 Å². The van der Waals surface area contributed by atoms with Crippen LogP contribution in [0.15, 0.2) is 153 Å². The monoisotopic (exact) mass is 494 g/mol. The predicted octanol–water partition coefficient (Wildman–Crippen LogP) is 10.6. The molecule has 7 aromatic rings. The van der Waals surface area contributed by atoms with Gasteiger partial charge in [-0.05, 0) is 91.6 Å². The SMILES string of the molecule is c1ccc(Sc2c3cc4ccccc4cc3c(Sc3ccccc3)c3cc4ccccc4cc23)cc1. The highest BCUT2D eigenvalue weighted by atomic mass is 32.2. The normalized spacial score (nSPS) is 11.6. The lowest BCUT2D eigenvalue weighted by Gasteiger charge is -2.18. The van der Waals surface area contributed by atoms with Crippen molar-refractivity contribution in [3.63, 3.8) is 0 Å². The molecular formula is C34H22S2. The van der Waals surface area contributed by atoms with E-state index in [9.17, 15) is 0 Å². The van der Waals surface area contributed by atoms with E-state index in [4.69, 9.17) is 0 Å². The Kier molecular flexibility index (Phi) is 5.42. The maximum absolute atomic E-state index is 2.39. The number of hydrogen-bond acceptors (Lipinski definition) is 2. The molecular weight excluding hydrogens is 473 g/mol. The minimum Gasteiger partial charge on any atom is -0.0888 e. The molecule has 0 heterocycles. The molecule has 0 atom stereocenters. The Morgan fingerprint density at radius 3 is 0.889 bits per heavy atom. The van der Waals surface area contributed by atoms with Gasteiger partial charge in [0.1, 0.15) is 0 Å². The Labute approximate surface area is 219 Å². The molecule has 0 aromatic heterocycles. The molecule has 7 aromatic carbocycles. The first-order valence-corrected chi connectivity index (χ1v) is 13.7. The van der Waals surface area contributed by atoms with E-state index in [0.717, 1.165) is 0 Å². The van der Waals surface area contributed by atoms with E-state index in [1.54, 1.807) is 0 Å². The van der Waals surface area contributed by atoms with E-state index in [1.165, 1.54) is 62.7 Å². The molecule has 0 saturated carbocycles. The summed E-state index contributed by atoms with van der Waals surface area (Å²) >= 11 is 3.74. The quantitative estimate of drug-likeness (QED) is 0.223. The van der Waals surface area contributed by atoms with Crippen LogP contribution in [0.5, 0.6) is 0 Å². The maximum atomic E-state index is 2.39. The minimum atomic E-state index is 1.25. The second-order valence-electron chi connectivity index (χ2n) is 8.98. The van der Waals surface area contributed by atoms with Gasteiger partial charge in [0.2, 0.25) is 0 Å². The van der Waals surface area contributed by atoms with Gasteiger partial charge in [-0.25, -0.2) is 0 Å². The summed E-state index contributed by atoms with van der Waals surface area (Å²) in [5.41, 5.74) is 0. The van der Waals surface area contributed by atoms with Gasteiger partial charge in [-0.2, -0.15) is 0 Å². The Morgan fingerprint density at radius 1 is 0.306 bits per heavy atom. The Balaban J connectivity index is 1.64.